The van der Waals surface area contributed by atoms with Gasteiger partial charge in [-0.1, -0.05) is 59.6 Å². The summed E-state index contributed by atoms with van der Waals surface area (Å²) in [4.78, 5) is 27.8. The standard InChI is InChI=1S/C28H32ClN3O4S/c1-19-10-14-25(15-11-19)37(35,36)32(24-13-12-21(3)26(29)16-24)18-27(33)31(22(4)28(34)30-5)17-23-9-7-6-8-20(23)2/h6-16,22H,17-18H2,1-5H3,(H,30,34)/t22-/m0/s1. The molecule has 7 nitrogen and oxygen atoms in total. The average Bonchev–Trinajstić information content (AvgIpc) is 2.87. The second-order valence-electron chi connectivity index (χ2n) is 9.00. The number of nitrogens with one attached hydrogen (secondary N) is 1. The summed E-state index contributed by atoms with van der Waals surface area (Å²) >= 11 is 6.34. The molecule has 0 spiro atoms. The lowest BCUT2D eigenvalue weighted by Gasteiger charge is -2.32. The maximum absolute atomic E-state index is 13.8. The lowest BCUT2D eigenvalue weighted by atomic mass is 10.1. The van der Waals surface area contributed by atoms with Gasteiger partial charge in [0.1, 0.15) is 12.6 Å². The normalized spacial score (nSPS) is 12.1. The van der Waals surface area contributed by atoms with Crippen LogP contribution in [0.15, 0.2) is 71.6 Å². The van der Waals surface area contributed by atoms with Gasteiger partial charge >= 0.3 is 0 Å². The lowest BCUT2D eigenvalue weighted by Crippen LogP contribution is -2.50. The van der Waals surface area contributed by atoms with Crippen LogP contribution in [-0.4, -0.2) is 44.8 Å². The molecule has 0 aliphatic rings. The van der Waals surface area contributed by atoms with Gasteiger partial charge in [0.2, 0.25) is 11.8 Å². The van der Waals surface area contributed by atoms with Crippen LogP contribution in [0.3, 0.4) is 0 Å². The van der Waals surface area contributed by atoms with E-state index in [2.05, 4.69) is 5.32 Å². The highest BCUT2D eigenvalue weighted by Crippen LogP contribution is 2.29. The number of hydrogen-bond acceptors (Lipinski definition) is 4. The Morgan fingerprint density at radius 1 is 0.946 bits per heavy atom. The first-order valence-corrected chi connectivity index (χ1v) is 13.7. The van der Waals surface area contributed by atoms with E-state index in [4.69, 9.17) is 11.6 Å². The van der Waals surface area contributed by atoms with E-state index in [1.807, 2.05) is 45.0 Å². The molecule has 0 saturated heterocycles. The molecular formula is C28H32ClN3O4S. The van der Waals surface area contributed by atoms with Crippen molar-refractivity contribution < 1.29 is 18.0 Å². The maximum atomic E-state index is 13.8. The Labute approximate surface area is 224 Å². The van der Waals surface area contributed by atoms with E-state index in [-0.39, 0.29) is 23.0 Å². The zero-order valence-electron chi connectivity index (χ0n) is 21.7. The Morgan fingerprint density at radius 2 is 1.59 bits per heavy atom. The number of carbonyl (C=O) groups is 2. The van der Waals surface area contributed by atoms with Gasteiger partial charge in [0, 0.05) is 18.6 Å². The summed E-state index contributed by atoms with van der Waals surface area (Å²) in [6.45, 7) is 6.85. The summed E-state index contributed by atoms with van der Waals surface area (Å²) < 4.78 is 28.7. The van der Waals surface area contributed by atoms with Crippen LogP contribution in [-0.2, 0) is 26.2 Å². The molecule has 0 saturated carbocycles. The molecule has 0 radical (unpaired) electrons. The minimum absolute atomic E-state index is 0.0485. The molecule has 37 heavy (non-hydrogen) atoms. The number of likely N-dealkylation sites (N-methyl/N-ethyl adjacent to an activating group) is 1. The Kier molecular flexibility index (Phi) is 8.99. The van der Waals surface area contributed by atoms with Crippen LogP contribution >= 0.6 is 11.6 Å². The molecule has 196 valence electrons. The second-order valence-corrected chi connectivity index (χ2v) is 11.3. The van der Waals surface area contributed by atoms with Crippen LogP contribution in [0.5, 0.6) is 0 Å². The van der Waals surface area contributed by atoms with Crippen LogP contribution < -0.4 is 9.62 Å². The van der Waals surface area contributed by atoms with Gasteiger partial charge < -0.3 is 10.2 Å². The van der Waals surface area contributed by atoms with E-state index >= 15 is 0 Å². The number of nitrogens with zero attached hydrogens (tertiary/aromatic N) is 2. The van der Waals surface area contributed by atoms with E-state index in [0.717, 1.165) is 26.6 Å². The largest absolute Gasteiger partial charge is 0.357 e. The van der Waals surface area contributed by atoms with Crippen LogP contribution in [0.2, 0.25) is 5.02 Å². The van der Waals surface area contributed by atoms with Crippen molar-refractivity contribution in [2.24, 2.45) is 0 Å². The first kappa shape index (κ1) is 28.2. The zero-order chi connectivity index (χ0) is 27.3. The Morgan fingerprint density at radius 3 is 2.19 bits per heavy atom. The molecular weight excluding hydrogens is 510 g/mol. The number of amides is 2. The summed E-state index contributed by atoms with van der Waals surface area (Å²) in [5, 5.41) is 2.96. The predicted molar refractivity (Wildman–Crippen MR) is 147 cm³/mol. The van der Waals surface area contributed by atoms with Crippen molar-refractivity contribution in [3.05, 3.63) is 94.0 Å². The van der Waals surface area contributed by atoms with Crippen molar-refractivity contribution in [3.8, 4) is 0 Å². The van der Waals surface area contributed by atoms with Gasteiger partial charge in [-0.05, 0) is 68.7 Å². The van der Waals surface area contributed by atoms with Gasteiger partial charge in [0.15, 0.2) is 0 Å². The van der Waals surface area contributed by atoms with Crippen molar-refractivity contribution in [1.29, 1.82) is 0 Å². The summed E-state index contributed by atoms with van der Waals surface area (Å²) in [7, 11) is -2.64. The van der Waals surface area contributed by atoms with Gasteiger partial charge in [-0.2, -0.15) is 0 Å². The molecule has 2 amide bonds. The van der Waals surface area contributed by atoms with Crippen molar-refractivity contribution in [2.45, 2.75) is 45.2 Å². The summed E-state index contributed by atoms with van der Waals surface area (Å²) in [5.41, 5.74) is 3.76. The number of aryl methyl sites for hydroxylation is 3. The van der Waals surface area contributed by atoms with Crippen LogP contribution in [0.4, 0.5) is 5.69 Å². The lowest BCUT2D eigenvalue weighted by molar-refractivity contribution is -0.139. The molecule has 0 unspecified atom stereocenters. The van der Waals surface area contributed by atoms with Gasteiger partial charge in [-0.15, -0.1) is 0 Å². The van der Waals surface area contributed by atoms with E-state index in [1.54, 1.807) is 31.2 Å². The first-order valence-electron chi connectivity index (χ1n) is 11.9. The zero-order valence-corrected chi connectivity index (χ0v) is 23.2. The third-order valence-corrected chi connectivity index (χ3v) is 8.54. The third kappa shape index (κ3) is 6.50. The molecule has 3 aromatic rings. The van der Waals surface area contributed by atoms with Crippen molar-refractivity contribution in [1.82, 2.24) is 10.2 Å². The number of benzene rings is 3. The van der Waals surface area contributed by atoms with Crippen molar-refractivity contribution >= 4 is 39.1 Å². The monoisotopic (exact) mass is 541 g/mol. The maximum Gasteiger partial charge on any atom is 0.264 e. The van der Waals surface area contributed by atoms with Crippen molar-refractivity contribution in [3.63, 3.8) is 0 Å². The van der Waals surface area contributed by atoms with Gasteiger partial charge in [0.05, 0.1) is 10.6 Å². The number of halogens is 1. The molecule has 0 heterocycles. The molecule has 0 aliphatic carbocycles. The summed E-state index contributed by atoms with van der Waals surface area (Å²) in [6, 6.07) is 18.0. The highest BCUT2D eigenvalue weighted by Gasteiger charge is 2.32. The average molecular weight is 542 g/mol. The van der Waals surface area contributed by atoms with Crippen LogP contribution in [0.1, 0.15) is 29.2 Å². The van der Waals surface area contributed by atoms with Crippen LogP contribution in [0, 0.1) is 20.8 Å². The predicted octanol–water partition coefficient (Wildman–Crippen LogP) is 4.62. The van der Waals surface area contributed by atoms with Crippen LogP contribution in [0.25, 0.3) is 0 Å². The van der Waals surface area contributed by atoms with Crippen molar-refractivity contribution in [2.75, 3.05) is 17.9 Å². The second kappa shape index (κ2) is 11.8. The summed E-state index contributed by atoms with van der Waals surface area (Å²) in [6.07, 6.45) is 0. The SMILES string of the molecule is CNC(=O)[C@H](C)N(Cc1ccccc1C)C(=O)CN(c1ccc(C)c(Cl)c1)S(=O)(=O)c1ccc(C)cc1. The molecule has 1 N–H and O–H groups in total. The van der Waals surface area contributed by atoms with Gasteiger partial charge in [0.25, 0.3) is 10.0 Å². The summed E-state index contributed by atoms with van der Waals surface area (Å²) in [5.74, 6) is -0.875. The number of hydrogen-bond donors (Lipinski definition) is 1. The Balaban J connectivity index is 2.07. The van der Waals surface area contributed by atoms with E-state index in [1.165, 1.54) is 30.1 Å². The topological polar surface area (TPSA) is 86.8 Å². The highest BCUT2D eigenvalue weighted by molar-refractivity contribution is 7.92. The molecule has 3 rings (SSSR count). The fourth-order valence-electron chi connectivity index (χ4n) is 3.87. The van der Waals surface area contributed by atoms with E-state index in [9.17, 15) is 18.0 Å². The molecule has 0 aromatic heterocycles. The fraction of sp³-hybridized carbons (Fsp3) is 0.286. The number of sulfonamides is 1. The molecule has 0 fully saturated rings. The Hall–Kier alpha value is -3.36. The molecule has 1 atom stereocenters. The smallest absolute Gasteiger partial charge is 0.264 e. The highest BCUT2D eigenvalue weighted by atomic mass is 35.5. The molecule has 3 aromatic carbocycles. The quantitative estimate of drug-likeness (QED) is 0.428. The number of rotatable bonds is 9. The fourth-order valence-corrected chi connectivity index (χ4v) is 5.45. The third-order valence-electron chi connectivity index (χ3n) is 6.35. The molecule has 0 bridgehead atoms. The number of carbonyl (C=O) groups excluding carboxylic acids is 2. The van der Waals surface area contributed by atoms with Gasteiger partial charge in [-0.3, -0.25) is 13.9 Å². The molecule has 9 heteroatoms. The first-order chi connectivity index (χ1) is 17.4. The number of anilines is 1. The minimum Gasteiger partial charge on any atom is -0.357 e. The Bertz CT molecular complexity index is 1390. The van der Waals surface area contributed by atoms with Gasteiger partial charge in [-0.25, -0.2) is 8.42 Å². The molecule has 0 aliphatic heterocycles. The van der Waals surface area contributed by atoms with E-state index < -0.39 is 28.5 Å². The minimum atomic E-state index is -4.13. The van der Waals surface area contributed by atoms with E-state index in [0.29, 0.717) is 5.02 Å².